The molecule has 0 aromatic heterocycles. The van der Waals surface area contributed by atoms with E-state index in [0.29, 0.717) is 25.2 Å². The van der Waals surface area contributed by atoms with Crippen LogP contribution in [0.4, 0.5) is 0 Å². The molecule has 3 rings (SSSR count). The molecule has 2 aliphatic rings. The molecule has 3 nitrogen and oxygen atoms in total. The van der Waals surface area contributed by atoms with Gasteiger partial charge in [-0.2, -0.15) is 0 Å². The van der Waals surface area contributed by atoms with Crippen LogP contribution in [-0.2, 0) is 6.42 Å². The van der Waals surface area contributed by atoms with Gasteiger partial charge in [0.25, 0.3) is 0 Å². The van der Waals surface area contributed by atoms with E-state index in [1.54, 1.807) is 0 Å². The molecule has 2 atom stereocenters. The number of rotatable bonds is 5. The third-order valence-electron chi connectivity index (χ3n) is 4.30. The van der Waals surface area contributed by atoms with Crippen LogP contribution in [0.3, 0.4) is 0 Å². The lowest BCUT2D eigenvalue weighted by molar-refractivity contribution is 0.0178. The summed E-state index contributed by atoms with van der Waals surface area (Å²) in [7, 11) is 0. The molecule has 4 heteroatoms. The number of ether oxygens (including phenoxy) is 2. The van der Waals surface area contributed by atoms with Crippen molar-refractivity contribution >= 4 is 11.6 Å². The topological polar surface area (TPSA) is 21.7 Å². The van der Waals surface area contributed by atoms with Gasteiger partial charge in [-0.15, -0.1) is 11.6 Å². The van der Waals surface area contributed by atoms with Crippen LogP contribution in [0.15, 0.2) is 12.1 Å². The van der Waals surface area contributed by atoms with Crippen molar-refractivity contribution in [2.75, 3.05) is 32.2 Å². The Kier molecular flexibility index (Phi) is 4.08. The SMILES string of the molecule is CCOc1cc2c(cc1OCC)[C@H]1[C@H](CCl)CN1CC2. The molecule has 0 aliphatic carbocycles. The molecule has 2 heterocycles. The molecule has 20 heavy (non-hydrogen) atoms. The van der Waals surface area contributed by atoms with Crippen molar-refractivity contribution in [3.8, 4) is 11.5 Å². The minimum absolute atomic E-state index is 0.478. The van der Waals surface area contributed by atoms with Gasteiger partial charge in [0.1, 0.15) is 0 Å². The molecular weight excluding hydrogens is 274 g/mol. The zero-order valence-corrected chi connectivity index (χ0v) is 12.9. The maximum absolute atomic E-state index is 6.09. The summed E-state index contributed by atoms with van der Waals surface area (Å²) in [6, 6.07) is 4.83. The van der Waals surface area contributed by atoms with E-state index >= 15 is 0 Å². The number of hydrogen-bond donors (Lipinski definition) is 0. The Balaban J connectivity index is 1.97. The highest BCUT2D eigenvalue weighted by Crippen LogP contribution is 2.46. The first-order valence-corrected chi connectivity index (χ1v) is 8.04. The van der Waals surface area contributed by atoms with E-state index in [1.165, 1.54) is 11.1 Å². The largest absolute Gasteiger partial charge is 0.490 e. The van der Waals surface area contributed by atoms with Gasteiger partial charge in [0.15, 0.2) is 11.5 Å². The fraction of sp³-hybridized carbons (Fsp3) is 0.625. The minimum atomic E-state index is 0.478. The summed E-state index contributed by atoms with van der Waals surface area (Å²) in [6.45, 7) is 7.60. The van der Waals surface area contributed by atoms with Gasteiger partial charge in [-0.3, -0.25) is 4.90 Å². The second-order valence-corrected chi connectivity index (χ2v) is 5.78. The Bertz CT molecular complexity index is 492. The molecule has 0 saturated carbocycles. The van der Waals surface area contributed by atoms with E-state index in [4.69, 9.17) is 21.1 Å². The molecule has 2 aliphatic heterocycles. The molecule has 0 amide bonds. The van der Waals surface area contributed by atoms with E-state index in [2.05, 4.69) is 17.0 Å². The first-order chi connectivity index (χ1) is 9.78. The monoisotopic (exact) mass is 295 g/mol. The van der Waals surface area contributed by atoms with Gasteiger partial charge >= 0.3 is 0 Å². The van der Waals surface area contributed by atoms with Crippen LogP contribution in [0.5, 0.6) is 11.5 Å². The normalized spacial score (nSPS) is 24.6. The Morgan fingerprint density at radius 3 is 2.55 bits per heavy atom. The van der Waals surface area contributed by atoms with Crippen molar-refractivity contribution in [1.82, 2.24) is 4.90 Å². The van der Waals surface area contributed by atoms with Gasteiger partial charge in [0, 0.05) is 30.9 Å². The summed E-state index contributed by atoms with van der Waals surface area (Å²) in [5, 5.41) is 0. The molecule has 0 radical (unpaired) electrons. The predicted molar refractivity (Wildman–Crippen MR) is 81.0 cm³/mol. The van der Waals surface area contributed by atoms with Crippen LogP contribution in [0.25, 0.3) is 0 Å². The summed E-state index contributed by atoms with van der Waals surface area (Å²) in [5.74, 6) is 3.05. The van der Waals surface area contributed by atoms with Crippen molar-refractivity contribution < 1.29 is 9.47 Å². The second kappa shape index (κ2) is 5.82. The number of nitrogens with zero attached hydrogens (tertiary/aromatic N) is 1. The maximum Gasteiger partial charge on any atom is 0.161 e. The third kappa shape index (κ3) is 2.27. The first-order valence-electron chi connectivity index (χ1n) is 7.50. The Morgan fingerprint density at radius 1 is 1.20 bits per heavy atom. The molecular formula is C16H22ClNO2. The van der Waals surface area contributed by atoms with Crippen LogP contribution in [0, 0.1) is 5.92 Å². The molecule has 0 N–H and O–H groups in total. The van der Waals surface area contributed by atoms with Crippen LogP contribution in [0.2, 0.25) is 0 Å². The van der Waals surface area contributed by atoms with E-state index in [-0.39, 0.29) is 0 Å². The predicted octanol–water partition coefficient (Wildman–Crippen LogP) is 3.25. The van der Waals surface area contributed by atoms with Gasteiger partial charge in [-0.1, -0.05) is 0 Å². The molecule has 0 spiro atoms. The van der Waals surface area contributed by atoms with Crippen LogP contribution in [0.1, 0.15) is 31.0 Å². The summed E-state index contributed by atoms with van der Waals surface area (Å²) in [6.07, 6.45) is 1.09. The average molecular weight is 296 g/mol. The molecule has 1 aromatic carbocycles. The van der Waals surface area contributed by atoms with Crippen LogP contribution < -0.4 is 9.47 Å². The van der Waals surface area contributed by atoms with Gasteiger partial charge < -0.3 is 9.47 Å². The van der Waals surface area contributed by atoms with Crippen molar-refractivity contribution in [1.29, 1.82) is 0 Å². The van der Waals surface area contributed by atoms with Gasteiger partial charge in [0.2, 0.25) is 0 Å². The molecule has 110 valence electrons. The number of alkyl halides is 1. The number of halogens is 1. The van der Waals surface area contributed by atoms with E-state index < -0.39 is 0 Å². The maximum atomic E-state index is 6.09. The highest BCUT2D eigenvalue weighted by molar-refractivity contribution is 6.18. The Hall–Kier alpha value is -0.930. The highest BCUT2D eigenvalue weighted by atomic mass is 35.5. The second-order valence-electron chi connectivity index (χ2n) is 5.47. The van der Waals surface area contributed by atoms with E-state index in [0.717, 1.165) is 36.9 Å². The van der Waals surface area contributed by atoms with Crippen molar-refractivity contribution in [3.63, 3.8) is 0 Å². The van der Waals surface area contributed by atoms with Crippen LogP contribution >= 0.6 is 11.6 Å². The van der Waals surface area contributed by atoms with Crippen LogP contribution in [-0.4, -0.2) is 37.1 Å². The van der Waals surface area contributed by atoms with Crippen molar-refractivity contribution in [3.05, 3.63) is 23.3 Å². The summed E-state index contributed by atoms with van der Waals surface area (Å²) in [4.78, 5) is 2.52. The lowest BCUT2D eigenvalue weighted by Gasteiger charge is -2.51. The standard InChI is InChI=1S/C16H22ClNO2/c1-3-19-14-7-11-5-6-18-10-12(9-17)16(18)13(11)8-15(14)20-4-2/h7-8,12,16H,3-6,9-10H2,1-2H3/t12-,16-/m1/s1. The van der Waals surface area contributed by atoms with E-state index in [9.17, 15) is 0 Å². The minimum Gasteiger partial charge on any atom is -0.490 e. The number of hydrogen-bond acceptors (Lipinski definition) is 3. The molecule has 1 aromatic rings. The number of benzene rings is 1. The summed E-state index contributed by atoms with van der Waals surface area (Å²) >= 11 is 6.09. The summed E-state index contributed by atoms with van der Waals surface area (Å²) in [5.41, 5.74) is 2.79. The molecule has 0 unspecified atom stereocenters. The fourth-order valence-electron chi connectivity index (χ4n) is 3.40. The average Bonchev–Trinajstić information content (AvgIpc) is 2.41. The lowest BCUT2D eigenvalue weighted by atomic mass is 9.78. The smallest absolute Gasteiger partial charge is 0.161 e. The number of fused-ring (bicyclic) bond motifs is 3. The highest BCUT2D eigenvalue weighted by Gasteiger charge is 2.42. The summed E-state index contributed by atoms with van der Waals surface area (Å²) < 4.78 is 11.5. The van der Waals surface area contributed by atoms with Crippen molar-refractivity contribution in [2.45, 2.75) is 26.3 Å². The van der Waals surface area contributed by atoms with Crippen molar-refractivity contribution in [2.24, 2.45) is 5.92 Å². The third-order valence-corrected chi connectivity index (χ3v) is 4.70. The quantitative estimate of drug-likeness (QED) is 0.778. The first kappa shape index (κ1) is 14.0. The van der Waals surface area contributed by atoms with Gasteiger partial charge in [-0.05, 0) is 43.5 Å². The lowest BCUT2D eigenvalue weighted by Crippen LogP contribution is -2.53. The Morgan fingerprint density at radius 2 is 1.90 bits per heavy atom. The van der Waals surface area contributed by atoms with Gasteiger partial charge in [-0.25, -0.2) is 0 Å². The Labute approximate surface area is 125 Å². The molecule has 0 bridgehead atoms. The fourth-order valence-corrected chi connectivity index (χ4v) is 3.67. The van der Waals surface area contributed by atoms with E-state index in [1.807, 2.05) is 13.8 Å². The zero-order valence-electron chi connectivity index (χ0n) is 12.2. The molecule has 1 saturated heterocycles. The van der Waals surface area contributed by atoms with Gasteiger partial charge in [0.05, 0.1) is 13.2 Å². The zero-order chi connectivity index (χ0) is 14.1. The molecule has 1 fully saturated rings.